The van der Waals surface area contributed by atoms with Crippen molar-refractivity contribution in [1.29, 1.82) is 0 Å². The van der Waals surface area contributed by atoms with E-state index < -0.39 is 11.7 Å². The summed E-state index contributed by atoms with van der Waals surface area (Å²) >= 11 is 0. The molecule has 0 atom stereocenters. The molecule has 0 saturated carbocycles. The number of amides is 1. The molecule has 22 heavy (non-hydrogen) atoms. The van der Waals surface area contributed by atoms with Crippen molar-refractivity contribution in [1.82, 2.24) is 9.80 Å². The first-order valence-electron chi connectivity index (χ1n) is 7.14. The van der Waals surface area contributed by atoms with Crippen molar-refractivity contribution in [3.63, 3.8) is 0 Å². The predicted octanol–water partition coefficient (Wildman–Crippen LogP) is 2.41. The zero-order valence-electron chi connectivity index (χ0n) is 12.7. The van der Waals surface area contributed by atoms with Crippen LogP contribution in [-0.4, -0.2) is 48.9 Å². The molecule has 1 saturated heterocycles. The lowest BCUT2D eigenvalue weighted by Crippen LogP contribution is -2.43. The molecule has 1 aromatic rings. The number of alkyl halides is 3. The third kappa shape index (κ3) is 4.71. The molecular formula is C15H20F3N3O. The summed E-state index contributed by atoms with van der Waals surface area (Å²) in [6.45, 7) is 5.17. The molecule has 2 rings (SSSR count). The Balaban J connectivity index is 2.20. The number of hydrogen-bond donors (Lipinski definition) is 1. The molecule has 0 radical (unpaired) electrons. The second-order valence-corrected chi connectivity index (χ2v) is 5.68. The summed E-state index contributed by atoms with van der Waals surface area (Å²) in [7, 11) is 2.02. The Kier molecular flexibility index (Phi) is 5.08. The van der Waals surface area contributed by atoms with Gasteiger partial charge in [0.1, 0.15) is 0 Å². The third-order valence-electron chi connectivity index (χ3n) is 3.64. The van der Waals surface area contributed by atoms with E-state index in [1.54, 1.807) is 6.07 Å². The van der Waals surface area contributed by atoms with E-state index in [2.05, 4.69) is 15.1 Å². The first-order chi connectivity index (χ1) is 10.2. The van der Waals surface area contributed by atoms with Gasteiger partial charge in [-0.05, 0) is 30.8 Å². The van der Waals surface area contributed by atoms with Crippen LogP contribution in [0.25, 0.3) is 0 Å². The minimum Gasteiger partial charge on any atom is -0.326 e. The Morgan fingerprint density at radius 1 is 1.18 bits per heavy atom. The number of hydrogen-bond acceptors (Lipinski definition) is 3. The van der Waals surface area contributed by atoms with Crippen molar-refractivity contribution in [3.05, 3.63) is 29.3 Å². The molecule has 1 amide bonds. The summed E-state index contributed by atoms with van der Waals surface area (Å²) in [6.07, 6.45) is -4.43. The SMILES string of the molecule is CC(=O)Nc1cc(CN2CCN(C)CC2)cc(C(F)(F)F)c1. The minimum absolute atomic E-state index is 0.187. The largest absolute Gasteiger partial charge is 0.416 e. The lowest BCUT2D eigenvalue weighted by Gasteiger charge is -2.32. The fourth-order valence-corrected chi connectivity index (χ4v) is 2.49. The van der Waals surface area contributed by atoms with Crippen LogP contribution in [0.15, 0.2) is 18.2 Å². The maximum absolute atomic E-state index is 13.0. The normalized spacial score (nSPS) is 17.5. The topological polar surface area (TPSA) is 35.6 Å². The lowest BCUT2D eigenvalue weighted by atomic mass is 10.1. The average Bonchev–Trinajstić information content (AvgIpc) is 2.39. The first-order valence-corrected chi connectivity index (χ1v) is 7.14. The third-order valence-corrected chi connectivity index (χ3v) is 3.64. The van der Waals surface area contributed by atoms with Gasteiger partial charge in [0, 0.05) is 45.3 Å². The lowest BCUT2D eigenvalue weighted by molar-refractivity contribution is -0.137. The summed E-state index contributed by atoms with van der Waals surface area (Å²) in [5.41, 5.74) is 0.0115. The second kappa shape index (κ2) is 6.66. The Bertz CT molecular complexity index is 537. The number of anilines is 1. The number of nitrogens with one attached hydrogen (secondary N) is 1. The molecule has 1 aliphatic rings. The molecule has 0 aliphatic carbocycles. The highest BCUT2D eigenvalue weighted by Gasteiger charge is 2.31. The van der Waals surface area contributed by atoms with Gasteiger partial charge < -0.3 is 10.2 Å². The van der Waals surface area contributed by atoms with E-state index in [1.807, 2.05) is 7.05 Å². The molecule has 122 valence electrons. The van der Waals surface area contributed by atoms with Gasteiger partial charge in [0.25, 0.3) is 0 Å². The van der Waals surface area contributed by atoms with Gasteiger partial charge in [-0.2, -0.15) is 13.2 Å². The molecule has 0 bridgehead atoms. The number of rotatable bonds is 3. The molecule has 0 spiro atoms. The van der Waals surface area contributed by atoms with Crippen molar-refractivity contribution < 1.29 is 18.0 Å². The van der Waals surface area contributed by atoms with Crippen LogP contribution in [0, 0.1) is 0 Å². The summed E-state index contributed by atoms with van der Waals surface area (Å²) in [5, 5.41) is 2.44. The van der Waals surface area contributed by atoms with Gasteiger partial charge in [-0.1, -0.05) is 0 Å². The van der Waals surface area contributed by atoms with Gasteiger partial charge in [-0.3, -0.25) is 9.69 Å². The maximum atomic E-state index is 13.0. The Hall–Kier alpha value is -1.60. The van der Waals surface area contributed by atoms with E-state index in [1.165, 1.54) is 6.92 Å². The Morgan fingerprint density at radius 2 is 1.82 bits per heavy atom. The number of carbonyl (C=O) groups excluding carboxylic acids is 1. The molecule has 1 fully saturated rings. The first kappa shape index (κ1) is 16.8. The highest BCUT2D eigenvalue weighted by molar-refractivity contribution is 5.88. The number of halogens is 3. The van der Waals surface area contributed by atoms with Gasteiger partial charge in [0.05, 0.1) is 5.56 Å². The zero-order chi connectivity index (χ0) is 16.3. The highest BCUT2D eigenvalue weighted by atomic mass is 19.4. The van der Waals surface area contributed by atoms with Crippen molar-refractivity contribution >= 4 is 11.6 Å². The van der Waals surface area contributed by atoms with Gasteiger partial charge in [0.2, 0.25) is 5.91 Å². The number of piperazine rings is 1. The quantitative estimate of drug-likeness (QED) is 0.930. The maximum Gasteiger partial charge on any atom is 0.416 e. The molecule has 1 aliphatic heterocycles. The van der Waals surface area contributed by atoms with Crippen molar-refractivity contribution in [2.75, 3.05) is 38.5 Å². The van der Waals surface area contributed by atoms with E-state index in [-0.39, 0.29) is 11.6 Å². The fourth-order valence-electron chi connectivity index (χ4n) is 2.49. The summed E-state index contributed by atoms with van der Waals surface area (Å²) < 4.78 is 38.9. The Labute approximate surface area is 127 Å². The van der Waals surface area contributed by atoms with Crippen molar-refractivity contribution in [2.45, 2.75) is 19.6 Å². The average molecular weight is 315 g/mol. The van der Waals surface area contributed by atoms with Crippen LogP contribution in [0.1, 0.15) is 18.1 Å². The standard InChI is InChI=1S/C15H20F3N3O/c1-11(22)19-14-8-12(7-13(9-14)15(16,17)18)10-21-5-3-20(2)4-6-21/h7-9H,3-6,10H2,1-2H3,(H,19,22). The molecular weight excluding hydrogens is 295 g/mol. The van der Waals surface area contributed by atoms with Crippen LogP contribution in [0.2, 0.25) is 0 Å². The molecule has 1 N–H and O–H groups in total. The number of likely N-dealkylation sites (N-methyl/N-ethyl adjacent to an activating group) is 1. The van der Waals surface area contributed by atoms with Gasteiger partial charge in [0.15, 0.2) is 0 Å². The second-order valence-electron chi connectivity index (χ2n) is 5.68. The number of benzene rings is 1. The molecule has 1 aromatic carbocycles. The predicted molar refractivity (Wildman–Crippen MR) is 78.5 cm³/mol. The molecule has 0 unspecified atom stereocenters. The summed E-state index contributed by atoms with van der Waals surface area (Å²) in [6, 6.07) is 3.73. The number of carbonyl (C=O) groups is 1. The summed E-state index contributed by atoms with van der Waals surface area (Å²) in [4.78, 5) is 15.4. The van der Waals surface area contributed by atoms with Crippen LogP contribution in [0.4, 0.5) is 18.9 Å². The van der Waals surface area contributed by atoms with Gasteiger partial charge >= 0.3 is 6.18 Å². The Morgan fingerprint density at radius 3 is 2.36 bits per heavy atom. The van der Waals surface area contributed by atoms with E-state index in [0.29, 0.717) is 12.1 Å². The fraction of sp³-hybridized carbons (Fsp3) is 0.533. The monoisotopic (exact) mass is 315 g/mol. The highest BCUT2D eigenvalue weighted by Crippen LogP contribution is 2.32. The van der Waals surface area contributed by atoms with E-state index in [0.717, 1.165) is 38.3 Å². The van der Waals surface area contributed by atoms with Crippen LogP contribution < -0.4 is 5.32 Å². The minimum atomic E-state index is -4.43. The van der Waals surface area contributed by atoms with Crippen LogP contribution in [-0.2, 0) is 17.5 Å². The van der Waals surface area contributed by atoms with Crippen molar-refractivity contribution in [2.24, 2.45) is 0 Å². The van der Waals surface area contributed by atoms with Crippen molar-refractivity contribution in [3.8, 4) is 0 Å². The van der Waals surface area contributed by atoms with Crippen LogP contribution >= 0.6 is 0 Å². The summed E-state index contributed by atoms with van der Waals surface area (Å²) in [5.74, 6) is -0.384. The van der Waals surface area contributed by atoms with Crippen LogP contribution in [0.5, 0.6) is 0 Å². The van der Waals surface area contributed by atoms with Gasteiger partial charge in [-0.25, -0.2) is 0 Å². The molecule has 7 heteroatoms. The smallest absolute Gasteiger partial charge is 0.326 e. The van der Waals surface area contributed by atoms with E-state index >= 15 is 0 Å². The van der Waals surface area contributed by atoms with Crippen LogP contribution in [0.3, 0.4) is 0 Å². The molecule has 4 nitrogen and oxygen atoms in total. The molecule has 0 aromatic heterocycles. The van der Waals surface area contributed by atoms with Gasteiger partial charge in [-0.15, -0.1) is 0 Å². The number of nitrogens with zero attached hydrogens (tertiary/aromatic N) is 2. The zero-order valence-corrected chi connectivity index (χ0v) is 12.7. The molecule has 1 heterocycles. The van der Waals surface area contributed by atoms with E-state index in [4.69, 9.17) is 0 Å². The van der Waals surface area contributed by atoms with E-state index in [9.17, 15) is 18.0 Å².